The molecule has 1 aliphatic heterocycles. The highest BCUT2D eigenvalue weighted by molar-refractivity contribution is 7.92. The number of amides is 1. The lowest BCUT2D eigenvalue weighted by Gasteiger charge is -2.30. The molecule has 9 heteroatoms. The van der Waals surface area contributed by atoms with Crippen LogP contribution >= 0.6 is 0 Å². The number of benzene rings is 2. The molecule has 0 unspecified atom stereocenters. The summed E-state index contributed by atoms with van der Waals surface area (Å²) in [5.41, 5.74) is 1.33. The molecule has 0 fully saturated rings. The third-order valence-corrected chi connectivity index (χ3v) is 6.08. The molecule has 1 aliphatic rings. The zero-order valence-corrected chi connectivity index (χ0v) is 18.9. The monoisotopic (exact) mass is 448 g/mol. The van der Waals surface area contributed by atoms with Crippen molar-refractivity contribution >= 4 is 21.6 Å². The number of rotatable bonds is 8. The van der Waals surface area contributed by atoms with Gasteiger partial charge in [0.2, 0.25) is 15.9 Å². The quantitative estimate of drug-likeness (QED) is 0.667. The van der Waals surface area contributed by atoms with Crippen LogP contribution in [0.4, 0.5) is 5.69 Å². The van der Waals surface area contributed by atoms with Crippen molar-refractivity contribution in [3.8, 4) is 17.2 Å². The summed E-state index contributed by atoms with van der Waals surface area (Å²) in [5, 5.41) is 2.83. The molecule has 0 aliphatic carbocycles. The van der Waals surface area contributed by atoms with E-state index in [1.807, 2.05) is 31.2 Å². The molecule has 0 bridgehead atoms. The van der Waals surface area contributed by atoms with Gasteiger partial charge in [-0.2, -0.15) is 0 Å². The molecule has 1 heterocycles. The highest BCUT2D eigenvalue weighted by Gasteiger charge is 2.31. The van der Waals surface area contributed by atoms with E-state index < -0.39 is 22.0 Å². The molecule has 168 valence electrons. The van der Waals surface area contributed by atoms with E-state index >= 15 is 0 Å². The van der Waals surface area contributed by atoms with Crippen molar-refractivity contribution in [1.82, 2.24) is 5.32 Å². The van der Waals surface area contributed by atoms with E-state index in [0.29, 0.717) is 30.4 Å². The van der Waals surface area contributed by atoms with Crippen molar-refractivity contribution in [3.05, 3.63) is 48.0 Å². The van der Waals surface area contributed by atoms with Crippen LogP contribution < -0.4 is 23.8 Å². The van der Waals surface area contributed by atoms with Gasteiger partial charge in [0.1, 0.15) is 31.6 Å². The number of hydrogen-bond donors (Lipinski definition) is 1. The summed E-state index contributed by atoms with van der Waals surface area (Å²) < 4.78 is 43.0. The van der Waals surface area contributed by atoms with E-state index in [-0.39, 0.29) is 12.6 Å². The first-order valence-electron chi connectivity index (χ1n) is 10.0. The lowest BCUT2D eigenvalue weighted by molar-refractivity contribution is -0.122. The van der Waals surface area contributed by atoms with E-state index in [9.17, 15) is 13.2 Å². The number of aryl methyl sites for hydroxylation is 1. The van der Waals surface area contributed by atoms with Crippen molar-refractivity contribution in [1.29, 1.82) is 0 Å². The van der Waals surface area contributed by atoms with Gasteiger partial charge in [0.25, 0.3) is 0 Å². The molecule has 2 aromatic carbocycles. The van der Waals surface area contributed by atoms with E-state index in [2.05, 4.69) is 5.32 Å². The molecular formula is C22H28N2O6S. The van der Waals surface area contributed by atoms with E-state index in [0.717, 1.165) is 21.9 Å². The van der Waals surface area contributed by atoms with Gasteiger partial charge in [-0.05, 0) is 44.5 Å². The maximum Gasteiger partial charge on any atom is 0.243 e. The van der Waals surface area contributed by atoms with Crippen LogP contribution in [0.15, 0.2) is 42.5 Å². The van der Waals surface area contributed by atoms with Crippen LogP contribution in [0.5, 0.6) is 17.2 Å². The first kappa shape index (κ1) is 22.7. The van der Waals surface area contributed by atoms with Crippen LogP contribution in [0.2, 0.25) is 0 Å². The standard InChI is InChI=1S/C22H28N2O6S/c1-15-7-5-6-8-19(15)30-14-16(2)23-22(25)17(3)24(31(4,26)27)18-9-10-20-21(13-18)29-12-11-28-20/h5-10,13,16-17H,11-12,14H2,1-4H3,(H,23,25)/t16-,17-/m0/s1. The molecule has 0 spiro atoms. The Kier molecular flexibility index (Phi) is 6.94. The van der Waals surface area contributed by atoms with Gasteiger partial charge in [-0.3, -0.25) is 9.10 Å². The summed E-state index contributed by atoms with van der Waals surface area (Å²) in [4.78, 5) is 12.9. The third kappa shape index (κ3) is 5.61. The Morgan fingerprint density at radius 3 is 2.48 bits per heavy atom. The second-order valence-electron chi connectivity index (χ2n) is 7.55. The molecule has 2 aromatic rings. The van der Waals surface area contributed by atoms with Crippen molar-refractivity contribution < 1.29 is 27.4 Å². The fraction of sp³-hybridized carbons (Fsp3) is 0.409. The Morgan fingerprint density at radius 2 is 1.81 bits per heavy atom. The van der Waals surface area contributed by atoms with Gasteiger partial charge in [0.15, 0.2) is 11.5 Å². The van der Waals surface area contributed by atoms with Crippen LogP contribution in [0, 0.1) is 6.92 Å². The van der Waals surface area contributed by atoms with Crippen LogP contribution in [0.3, 0.4) is 0 Å². The fourth-order valence-corrected chi connectivity index (χ4v) is 4.48. The average Bonchev–Trinajstić information content (AvgIpc) is 2.72. The molecule has 0 saturated carbocycles. The molecule has 0 radical (unpaired) electrons. The number of carbonyl (C=O) groups excluding carboxylic acids is 1. The van der Waals surface area contributed by atoms with Crippen molar-refractivity contribution in [2.75, 3.05) is 30.4 Å². The summed E-state index contributed by atoms with van der Waals surface area (Å²) in [6.07, 6.45) is 1.07. The molecule has 1 N–H and O–H groups in total. The maximum absolute atomic E-state index is 12.9. The van der Waals surface area contributed by atoms with E-state index in [4.69, 9.17) is 14.2 Å². The molecule has 0 aromatic heterocycles. The Labute approximate surface area is 183 Å². The Hall–Kier alpha value is -2.94. The van der Waals surface area contributed by atoms with Crippen LogP contribution in [-0.4, -0.2) is 52.5 Å². The lowest BCUT2D eigenvalue weighted by atomic mass is 10.2. The van der Waals surface area contributed by atoms with Crippen molar-refractivity contribution in [2.24, 2.45) is 0 Å². The Balaban J connectivity index is 1.70. The van der Waals surface area contributed by atoms with Gasteiger partial charge in [0.05, 0.1) is 18.0 Å². The zero-order chi connectivity index (χ0) is 22.6. The number of fused-ring (bicyclic) bond motifs is 1. The largest absolute Gasteiger partial charge is 0.491 e. The van der Waals surface area contributed by atoms with Crippen LogP contribution in [0.25, 0.3) is 0 Å². The Bertz CT molecular complexity index is 1040. The second kappa shape index (κ2) is 9.47. The topological polar surface area (TPSA) is 94.2 Å². The van der Waals surface area contributed by atoms with E-state index in [1.165, 1.54) is 0 Å². The van der Waals surface area contributed by atoms with Gasteiger partial charge in [-0.15, -0.1) is 0 Å². The molecule has 1 amide bonds. The number of anilines is 1. The predicted octanol–water partition coefficient (Wildman–Crippen LogP) is 2.50. The summed E-state index contributed by atoms with van der Waals surface area (Å²) in [7, 11) is -3.74. The van der Waals surface area contributed by atoms with Gasteiger partial charge in [-0.1, -0.05) is 18.2 Å². The van der Waals surface area contributed by atoms with E-state index in [1.54, 1.807) is 32.0 Å². The minimum Gasteiger partial charge on any atom is -0.491 e. The molecule has 2 atom stereocenters. The van der Waals surface area contributed by atoms with Crippen molar-refractivity contribution in [2.45, 2.75) is 32.9 Å². The molecule has 8 nitrogen and oxygen atoms in total. The molecule has 0 saturated heterocycles. The van der Waals surface area contributed by atoms with Gasteiger partial charge < -0.3 is 19.5 Å². The predicted molar refractivity (Wildman–Crippen MR) is 118 cm³/mol. The van der Waals surface area contributed by atoms with Crippen molar-refractivity contribution in [3.63, 3.8) is 0 Å². The lowest BCUT2D eigenvalue weighted by Crippen LogP contribution is -2.50. The van der Waals surface area contributed by atoms with Gasteiger partial charge >= 0.3 is 0 Å². The molecular weight excluding hydrogens is 420 g/mol. The minimum atomic E-state index is -3.74. The first-order valence-corrected chi connectivity index (χ1v) is 11.9. The Morgan fingerprint density at radius 1 is 1.13 bits per heavy atom. The number of nitrogens with zero attached hydrogens (tertiary/aromatic N) is 1. The number of carbonyl (C=O) groups is 1. The smallest absolute Gasteiger partial charge is 0.243 e. The minimum absolute atomic E-state index is 0.256. The molecule has 3 rings (SSSR count). The summed E-state index contributed by atoms with van der Waals surface area (Å²) in [6.45, 7) is 6.36. The van der Waals surface area contributed by atoms with Gasteiger partial charge in [-0.25, -0.2) is 8.42 Å². The first-order chi connectivity index (χ1) is 14.7. The zero-order valence-electron chi connectivity index (χ0n) is 18.1. The third-order valence-electron chi connectivity index (χ3n) is 4.84. The molecule has 31 heavy (non-hydrogen) atoms. The highest BCUT2D eigenvalue weighted by Crippen LogP contribution is 2.35. The summed E-state index contributed by atoms with van der Waals surface area (Å²) >= 11 is 0. The summed E-state index contributed by atoms with van der Waals surface area (Å²) in [6, 6.07) is 11.1. The highest BCUT2D eigenvalue weighted by atomic mass is 32.2. The number of ether oxygens (including phenoxy) is 3. The van der Waals surface area contributed by atoms with Gasteiger partial charge in [0, 0.05) is 6.07 Å². The SMILES string of the molecule is Cc1ccccc1OC[C@H](C)NC(=O)[C@H](C)N(c1ccc2c(c1)OCCO2)S(C)(=O)=O. The number of para-hydroxylation sites is 1. The van der Waals surface area contributed by atoms with Crippen LogP contribution in [0.1, 0.15) is 19.4 Å². The summed E-state index contributed by atoms with van der Waals surface area (Å²) in [5.74, 6) is 1.31. The number of nitrogens with one attached hydrogen (secondary N) is 1. The normalized spacial score (nSPS) is 15.0. The number of hydrogen-bond acceptors (Lipinski definition) is 6. The number of sulfonamides is 1. The van der Waals surface area contributed by atoms with Crippen LogP contribution in [-0.2, 0) is 14.8 Å². The second-order valence-corrected chi connectivity index (χ2v) is 9.41. The fourth-order valence-electron chi connectivity index (χ4n) is 3.32. The maximum atomic E-state index is 12.9. The average molecular weight is 449 g/mol.